The number of carboxylic acids is 1. The van der Waals surface area contributed by atoms with Gasteiger partial charge in [-0.1, -0.05) is 31.2 Å². The average molecular weight is 259 g/mol. The lowest BCUT2D eigenvalue weighted by atomic mass is 10.0. The average Bonchev–Trinajstić information content (AvgIpc) is 2.78. The van der Waals surface area contributed by atoms with Crippen molar-refractivity contribution in [3.05, 3.63) is 52.7 Å². The van der Waals surface area contributed by atoms with Crippen molar-refractivity contribution in [1.29, 1.82) is 0 Å². The van der Waals surface area contributed by atoms with Crippen molar-refractivity contribution in [3.8, 4) is 0 Å². The van der Waals surface area contributed by atoms with E-state index in [1.807, 2.05) is 12.1 Å². The number of aromatic nitrogens is 1. The minimum absolute atomic E-state index is 0.0316. The molecule has 0 fully saturated rings. The Bertz CT molecular complexity index is 587. The number of hydrogen-bond acceptors (Lipinski definition) is 3. The van der Waals surface area contributed by atoms with Crippen molar-refractivity contribution >= 4 is 5.97 Å². The van der Waals surface area contributed by atoms with Crippen molar-refractivity contribution < 1.29 is 14.3 Å². The van der Waals surface area contributed by atoms with Gasteiger partial charge in [0.25, 0.3) is 0 Å². The van der Waals surface area contributed by atoms with Crippen LogP contribution in [0, 0.1) is 6.92 Å². The van der Waals surface area contributed by atoms with E-state index in [0.29, 0.717) is 18.1 Å². The SMILES string of the molecule is CCc1cccc(CCc2oc(C)nc2C(=O)O)c1. The summed E-state index contributed by atoms with van der Waals surface area (Å²) in [5, 5.41) is 9.04. The number of carbonyl (C=O) groups is 1. The van der Waals surface area contributed by atoms with E-state index in [1.165, 1.54) is 11.1 Å². The summed E-state index contributed by atoms with van der Waals surface area (Å²) in [6.07, 6.45) is 2.30. The van der Waals surface area contributed by atoms with Crippen LogP contribution in [0.4, 0.5) is 0 Å². The van der Waals surface area contributed by atoms with Gasteiger partial charge in [-0.25, -0.2) is 9.78 Å². The van der Waals surface area contributed by atoms with Crippen LogP contribution in [-0.2, 0) is 19.3 Å². The number of rotatable bonds is 5. The fourth-order valence-corrected chi connectivity index (χ4v) is 2.07. The second kappa shape index (κ2) is 5.69. The topological polar surface area (TPSA) is 63.3 Å². The highest BCUT2D eigenvalue weighted by Crippen LogP contribution is 2.15. The molecule has 1 aromatic heterocycles. The second-order valence-corrected chi connectivity index (χ2v) is 4.48. The lowest BCUT2D eigenvalue weighted by Gasteiger charge is -2.03. The van der Waals surface area contributed by atoms with Gasteiger partial charge in [0.15, 0.2) is 11.6 Å². The van der Waals surface area contributed by atoms with Crippen molar-refractivity contribution in [3.63, 3.8) is 0 Å². The molecule has 4 nitrogen and oxygen atoms in total. The molecule has 0 saturated heterocycles. The molecule has 2 rings (SSSR count). The molecule has 2 aromatic rings. The van der Waals surface area contributed by atoms with Gasteiger partial charge in [-0.15, -0.1) is 0 Å². The highest BCUT2D eigenvalue weighted by atomic mass is 16.4. The number of aromatic carboxylic acids is 1. The Balaban J connectivity index is 2.11. The predicted molar refractivity (Wildman–Crippen MR) is 71.4 cm³/mol. The maximum Gasteiger partial charge on any atom is 0.358 e. The summed E-state index contributed by atoms with van der Waals surface area (Å²) >= 11 is 0. The van der Waals surface area contributed by atoms with E-state index in [1.54, 1.807) is 6.92 Å². The molecule has 19 heavy (non-hydrogen) atoms. The maximum absolute atomic E-state index is 11.0. The molecule has 0 bridgehead atoms. The summed E-state index contributed by atoms with van der Waals surface area (Å²) in [4.78, 5) is 14.9. The van der Waals surface area contributed by atoms with Crippen molar-refractivity contribution in [1.82, 2.24) is 4.98 Å². The number of aryl methyl sites for hydroxylation is 4. The van der Waals surface area contributed by atoms with Gasteiger partial charge in [0, 0.05) is 13.3 Å². The van der Waals surface area contributed by atoms with Crippen LogP contribution in [0.15, 0.2) is 28.7 Å². The van der Waals surface area contributed by atoms with E-state index in [9.17, 15) is 4.79 Å². The summed E-state index contributed by atoms with van der Waals surface area (Å²) in [7, 11) is 0. The van der Waals surface area contributed by atoms with Crippen LogP contribution < -0.4 is 0 Å². The van der Waals surface area contributed by atoms with Crippen LogP contribution in [0.3, 0.4) is 0 Å². The smallest absolute Gasteiger partial charge is 0.358 e. The fraction of sp³-hybridized carbons (Fsp3) is 0.333. The highest BCUT2D eigenvalue weighted by Gasteiger charge is 2.17. The Morgan fingerprint density at radius 1 is 1.32 bits per heavy atom. The lowest BCUT2D eigenvalue weighted by molar-refractivity contribution is 0.0688. The molecule has 1 N–H and O–H groups in total. The van der Waals surface area contributed by atoms with Gasteiger partial charge in [-0.2, -0.15) is 0 Å². The summed E-state index contributed by atoms with van der Waals surface area (Å²) < 4.78 is 5.36. The molecule has 1 aromatic carbocycles. The standard InChI is InChI=1S/C15H17NO3/c1-3-11-5-4-6-12(9-11)7-8-13-14(15(17)18)16-10(2)19-13/h4-6,9H,3,7-8H2,1-2H3,(H,17,18). The molecule has 100 valence electrons. The van der Waals surface area contributed by atoms with Crippen LogP contribution in [0.25, 0.3) is 0 Å². The van der Waals surface area contributed by atoms with Gasteiger partial charge in [0.1, 0.15) is 5.76 Å². The molecule has 0 atom stereocenters. The first-order chi connectivity index (χ1) is 9.10. The monoisotopic (exact) mass is 259 g/mol. The Morgan fingerprint density at radius 3 is 2.74 bits per heavy atom. The van der Waals surface area contributed by atoms with Gasteiger partial charge in [0.05, 0.1) is 0 Å². The number of oxazole rings is 1. The van der Waals surface area contributed by atoms with Crippen LogP contribution in [0.2, 0.25) is 0 Å². The molecule has 0 aliphatic heterocycles. The second-order valence-electron chi connectivity index (χ2n) is 4.48. The molecule has 0 aliphatic rings. The molecular formula is C15H17NO3. The third-order valence-corrected chi connectivity index (χ3v) is 3.05. The normalized spacial score (nSPS) is 10.6. The minimum atomic E-state index is -1.03. The van der Waals surface area contributed by atoms with Gasteiger partial charge in [-0.3, -0.25) is 0 Å². The van der Waals surface area contributed by atoms with Gasteiger partial charge in [0.2, 0.25) is 0 Å². The maximum atomic E-state index is 11.0. The van der Waals surface area contributed by atoms with Crippen LogP contribution in [0.5, 0.6) is 0 Å². The Morgan fingerprint density at radius 2 is 2.05 bits per heavy atom. The minimum Gasteiger partial charge on any atom is -0.476 e. The van der Waals surface area contributed by atoms with E-state index in [4.69, 9.17) is 9.52 Å². The zero-order valence-corrected chi connectivity index (χ0v) is 11.1. The third-order valence-electron chi connectivity index (χ3n) is 3.05. The lowest BCUT2D eigenvalue weighted by Crippen LogP contribution is -2.02. The molecular weight excluding hydrogens is 242 g/mol. The number of hydrogen-bond donors (Lipinski definition) is 1. The zero-order chi connectivity index (χ0) is 13.8. The molecule has 0 saturated carbocycles. The first-order valence-corrected chi connectivity index (χ1v) is 6.37. The number of nitrogens with zero attached hydrogens (tertiary/aromatic N) is 1. The van der Waals surface area contributed by atoms with Crippen molar-refractivity contribution in [2.24, 2.45) is 0 Å². The van der Waals surface area contributed by atoms with Gasteiger partial charge < -0.3 is 9.52 Å². The Labute approximate surface area is 112 Å². The van der Waals surface area contributed by atoms with Crippen LogP contribution >= 0.6 is 0 Å². The molecule has 4 heteroatoms. The summed E-state index contributed by atoms with van der Waals surface area (Å²) in [6, 6.07) is 8.30. The van der Waals surface area contributed by atoms with E-state index in [-0.39, 0.29) is 5.69 Å². The first-order valence-electron chi connectivity index (χ1n) is 6.37. The van der Waals surface area contributed by atoms with Crippen LogP contribution in [-0.4, -0.2) is 16.1 Å². The number of benzene rings is 1. The van der Waals surface area contributed by atoms with E-state index < -0.39 is 5.97 Å². The third kappa shape index (κ3) is 3.22. The van der Waals surface area contributed by atoms with E-state index in [0.717, 1.165) is 12.8 Å². The van der Waals surface area contributed by atoms with Crippen molar-refractivity contribution in [2.75, 3.05) is 0 Å². The fourth-order valence-electron chi connectivity index (χ4n) is 2.07. The molecule has 1 heterocycles. The van der Waals surface area contributed by atoms with Gasteiger partial charge >= 0.3 is 5.97 Å². The molecule has 0 radical (unpaired) electrons. The molecule has 0 aliphatic carbocycles. The molecule has 0 amide bonds. The summed E-state index contributed by atoms with van der Waals surface area (Å²) in [5.41, 5.74) is 2.50. The van der Waals surface area contributed by atoms with E-state index in [2.05, 4.69) is 24.0 Å². The quantitative estimate of drug-likeness (QED) is 0.896. The van der Waals surface area contributed by atoms with Gasteiger partial charge in [-0.05, 0) is 24.0 Å². The number of carboxylic acid groups (broad SMARTS) is 1. The van der Waals surface area contributed by atoms with Crippen LogP contribution in [0.1, 0.15) is 40.2 Å². The Kier molecular flexibility index (Phi) is 4.00. The van der Waals surface area contributed by atoms with E-state index >= 15 is 0 Å². The summed E-state index contributed by atoms with van der Waals surface area (Å²) in [6.45, 7) is 3.77. The predicted octanol–water partition coefficient (Wildman–Crippen LogP) is 3.03. The first kappa shape index (κ1) is 13.3. The zero-order valence-electron chi connectivity index (χ0n) is 11.1. The highest BCUT2D eigenvalue weighted by molar-refractivity contribution is 5.86. The summed E-state index contributed by atoms with van der Waals surface area (Å²) in [5.74, 6) is -0.184. The Hall–Kier alpha value is -2.10. The van der Waals surface area contributed by atoms with Crippen molar-refractivity contribution in [2.45, 2.75) is 33.1 Å². The molecule has 0 unspecified atom stereocenters. The largest absolute Gasteiger partial charge is 0.476 e. The molecule has 0 spiro atoms.